The number of carbonyl (C=O) groups is 2. The van der Waals surface area contributed by atoms with Crippen LogP contribution in [0.2, 0.25) is 0 Å². The molecule has 2 aromatic rings. The first-order valence-corrected chi connectivity index (χ1v) is 8.33. The molecule has 0 aliphatic rings. The Hall–Kier alpha value is -2.82. The molecule has 0 bridgehead atoms. The number of carbonyl (C=O) groups excluding carboxylic acids is 2. The van der Waals surface area contributed by atoms with Crippen molar-refractivity contribution in [1.29, 1.82) is 0 Å². The zero-order valence-electron chi connectivity index (χ0n) is 14.5. The average molecular weight is 341 g/mol. The van der Waals surface area contributed by atoms with Crippen molar-refractivity contribution in [2.75, 3.05) is 6.61 Å². The highest BCUT2D eigenvalue weighted by Crippen LogP contribution is 2.12. The van der Waals surface area contributed by atoms with Crippen LogP contribution in [0.25, 0.3) is 0 Å². The molecular formula is C20H23NO4. The highest BCUT2D eigenvalue weighted by molar-refractivity contribution is 5.94. The van der Waals surface area contributed by atoms with Crippen molar-refractivity contribution in [2.45, 2.75) is 32.9 Å². The van der Waals surface area contributed by atoms with Crippen LogP contribution >= 0.6 is 0 Å². The highest BCUT2D eigenvalue weighted by Gasteiger charge is 2.09. The molecule has 5 nitrogen and oxygen atoms in total. The topological polar surface area (TPSA) is 64.6 Å². The summed E-state index contributed by atoms with van der Waals surface area (Å²) in [6.45, 7) is 4.10. The largest absolute Gasteiger partial charge is 0.482 e. The fourth-order valence-corrected chi connectivity index (χ4v) is 2.07. The third kappa shape index (κ3) is 6.30. The summed E-state index contributed by atoms with van der Waals surface area (Å²) in [5.74, 6) is -0.0497. The summed E-state index contributed by atoms with van der Waals surface area (Å²) in [5.41, 5.74) is 1.57. The van der Waals surface area contributed by atoms with Crippen LogP contribution < -0.4 is 10.1 Å². The van der Waals surface area contributed by atoms with Gasteiger partial charge in [-0.15, -0.1) is 0 Å². The fourth-order valence-electron chi connectivity index (χ4n) is 2.07. The molecule has 0 saturated heterocycles. The van der Waals surface area contributed by atoms with E-state index in [1.54, 1.807) is 24.3 Å². The van der Waals surface area contributed by atoms with Crippen LogP contribution in [0, 0.1) is 0 Å². The van der Waals surface area contributed by atoms with E-state index in [1.807, 2.05) is 44.2 Å². The zero-order valence-corrected chi connectivity index (χ0v) is 14.5. The lowest BCUT2D eigenvalue weighted by Gasteiger charge is -2.11. The zero-order chi connectivity index (χ0) is 18.1. The Balaban J connectivity index is 1.80. The number of hydrogen-bond donors (Lipinski definition) is 1. The van der Waals surface area contributed by atoms with Crippen molar-refractivity contribution < 1.29 is 19.1 Å². The lowest BCUT2D eigenvalue weighted by Crippen LogP contribution is -2.22. The van der Waals surface area contributed by atoms with Crippen molar-refractivity contribution in [1.82, 2.24) is 5.32 Å². The second-order valence-corrected chi connectivity index (χ2v) is 5.69. The van der Waals surface area contributed by atoms with E-state index in [9.17, 15) is 9.59 Å². The summed E-state index contributed by atoms with van der Waals surface area (Å²) in [6.07, 6.45) is 0.644. The Labute approximate surface area is 148 Å². The number of ether oxygens (including phenoxy) is 2. The Bertz CT molecular complexity index is 683. The Morgan fingerprint density at radius 2 is 1.72 bits per heavy atom. The molecular weight excluding hydrogens is 318 g/mol. The summed E-state index contributed by atoms with van der Waals surface area (Å²) in [4.78, 5) is 23.7. The molecule has 0 aromatic heterocycles. The van der Waals surface area contributed by atoms with Crippen molar-refractivity contribution in [2.24, 2.45) is 0 Å². The summed E-state index contributed by atoms with van der Waals surface area (Å²) >= 11 is 0. The lowest BCUT2D eigenvalue weighted by molar-refractivity contribution is -0.150. The first-order chi connectivity index (χ1) is 12.1. The molecule has 0 saturated carbocycles. The molecule has 1 N–H and O–H groups in total. The van der Waals surface area contributed by atoms with Gasteiger partial charge in [0.1, 0.15) is 5.75 Å². The van der Waals surface area contributed by atoms with Crippen molar-refractivity contribution in [3.05, 3.63) is 65.7 Å². The molecule has 2 rings (SSSR count). The molecule has 0 aliphatic heterocycles. The molecule has 25 heavy (non-hydrogen) atoms. The molecule has 0 spiro atoms. The highest BCUT2D eigenvalue weighted by atomic mass is 16.6. The van der Waals surface area contributed by atoms with Crippen molar-refractivity contribution >= 4 is 11.9 Å². The van der Waals surface area contributed by atoms with Crippen molar-refractivity contribution in [3.8, 4) is 5.75 Å². The predicted octanol–water partition coefficient (Wildman–Crippen LogP) is 3.34. The summed E-state index contributed by atoms with van der Waals surface area (Å²) < 4.78 is 10.5. The number of hydrogen-bond acceptors (Lipinski definition) is 4. The van der Waals surface area contributed by atoms with E-state index in [2.05, 4.69) is 5.32 Å². The SMILES string of the molecule is CCC(C)OC(=O)COc1ccc(C(=O)NCc2ccccc2)cc1. The van der Waals surface area contributed by atoms with Crippen LogP contribution in [0.1, 0.15) is 36.2 Å². The third-order valence-electron chi connectivity index (χ3n) is 3.68. The van der Waals surface area contributed by atoms with E-state index >= 15 is 0 Å². The van der Waals surface area contributed by atoms with Gasteiger partial charge < -0.3 is 14.8 Å². The van der Waals surface area contributed by atoms with Crippen LogP contribution in [0.5, 0.6) is 5.75 Å². The van der Waals surface area contributed by atoms with Gasteiger partial charge in [-0.2, -0.15) is 0 Å². The van der Waals surface area contributed by atoms with Crippen LogP contribution in [0.3, 0.4) is 0 Å². The summed E-state index contributed by atoms with van der Waals surface area (Å²) in [5, 5.41) is 2.86. The lowest BCUT2D eigenvalue weighted by atomic mass is 10.2. The van der Waals surface area contributed by atoms with Crippen LogP contribution in [-0.2, 0) is 16.1 Å². The van der Waals surface area contributed by atoms with Gasteiger partial charge in [0, 0.05) is 12.1 Å². The van der Waals surface area contributed by atoms with Gasteiger partial charge in [0.2, 0.25) is 0 Å². The van der Waals surface area contributed by atoms with Crippen LogP contribution in [0.4, 0.5) is 0 Å². The Morgan fingerprint density at radius 1 is 1.04 bits per heavy atom. The number of amides is 1. The Kier molecular flexibility index (Phi) is 7.01. The average Bonchev–Trinajstić information content (AvgIpc) is 2.65. The minimum absolute atomic E-state index is 0.119. The fraction of sp³-hybridized carbons (Fsp3) is 0.300. The minimum atomic E-state index is -0.404. The minimum Gasteiger partial charge on any atom is -0.482 e. The summed E-state index contributed by atoms with van der Waals surface area (Å²) in [6, 6.07) is 16.3. The second kappa shape index (κ2) is 9.47. The number of rotatable bonds is 8. The monoisotopic (exact) mass is 341 g/mol. The standard InChI is InChI=1S/C20H23NO4/c1-3-15(2)25-19(22)14-24-18-11-9-17(10-12-18)20(23)21-13-16-7-5-4-6-8-16/h4-12,15H,3,13-14H2,1-2H3,(H,21,23). The van der Waals surface area contributed by atoms with E-state index in [0.29, 0.717) is 17.9 Å². The molecule has 0 radical (unpaired) electrons. The molecule has 2 aromatic carbocycles. The molecule has 1 amide bonds. The van der Waals surface area contributed by atoms with Gasteiger partial charge >= 0.3 is 5.97 Å². The molecule has 0 fully saturated rings. The van der Waals surface area contributed by atoms with E-state index in [-0.39, 0.29) is 18.6 Å². The second-order valence-electron chi connectivity index (χ2n) is 5.69. The van der Waals surface area contributed by atoms with Gasteiger partial charge in [0.25, 0.3) is 5.91 Å². The van der Waals surface area contributed by atoms with Gasteiger partial charge in [0.15, 0.2) is 6.61 Å². The van der Waals surface area contributed by atoms with E-state index in [0.717, 1.165) is 12.0 Å². The first-order valence-electron chi connectivity index (χ1n) is 8.33. The molecule has 0 heterocycles. The predicted molar refractivity (Wildman–Crippen MR) is 95.4 cm³/mol. The maximum Gasteiger partial charge on any atom is 0.344 e. The molecule has 0 aliphatic carbocycles. The van der Waals surface area contributed by atoms with Gasteiger partial charge in [-0.3, -0.25) is 4.79 Å². The number of benzene rings is 2. The maximum absolute atomic E-state index is 12.1. The number of nitrogens with one attached hydrogen (secondary N) is 1. The normalized spacial score (nSPS) is 11.4. The number of esters is 1. The smallest absolute Gasteiger partial charge is 0.344 e. The van der Waals surface area contributed by atoms with Crippen LogP contribution in [-0.4, -0.2) is 24.6 Å². The van der Waals surface area contributed by atoms with E-state index in [4.69, 9.17) is 9.47 Å². The van der Waals surface area contributed by atoms with Gasteiger partial charge in [-0.25, -0.2) is 4.79 Å². The van der Waals surface area contributed by atoms with E-state index in [1.165, 1.54) is 0 Å². The van der Waals surface area contributed by atoms with Gasteiger partial charge in [0.05, 0.1) is 6.10 Å². The molecule has 1 unspecified atom stereocenters. The molecule has 132 valence electrons. The third-order valence-corrected chi connectivity index (χ3v) is 3.68. The summed E-state index contributed by atoms with van der Waals surface area (Å²) in [7, 11) is 0. The quantitative estimate of drug-likeness (QED) is 0.748. The van der Waals surface area contributed by atoms with Crippen LogP contribution in [0.15, 0.2) is 54.6 Å². The Morgan fingerprint density at radius 3 is 2.36 bits per heavy atom. The molecule has 1 atom stereocenters. The van der Waals surface area contributed by atoms with E-state index < -0.39 is 5.97 Å². The maximum atomic E-state index is 12.1. The molecule has 5 heteroatoms. The first kappa shape index (κ1) is 18.5. The van der Waals surface area contributed by atoms with Gasteiger partial charge in [-0.05, 0) is 43.2 Å². The van der Waals surface area contributed by atoms with Crippen molar-refractivity contribution in [3.63, 3.8) is 0 Å². The van der Waals surface area contributed by atoms with Gasteiger partial charge in [-0.1, -0.05) is 37.3 Å².